The first-order valence-electron chi connectivity index (χ1n) is 5.49. The minimum absolute atomic E-state index is 0.590. The largest absolute Gasteiger partial charge is 0.480 e. The maximum atomic E-state index is 11.3. The highest BCUT2D eigenvalue weighted by atomic mass is 79.9. The van der Waals surface area contributed by atoms with Gasteiger partial charge in [-0.3, -0.25) is 4.79 Å². The quantitative estimate of drug-likeness (QED) is 0.876. The molecule has 1 saturated carbocycles. The van der Waals surface area contributed by atoms with Gasteiger partial charge in [-0.1, -0.05) is 33.6 Å². The van der Waals surface area contributed by atoms with Crippen molar-refractivity contribution in [3.63, 3.8) is 0 Å². The van der Waals surface area contributed by atoms with Crippen molar-refractivity contribution in [2.24, 2.45) is 5.92 Å². The summed E-state index contributed by atoms with van der Waals surface area (Å²) in [5, 5.41) is 12.9. The van der Waals surface area contributed by atoms with Gasteiger partial charge in [-0.15, -0.1) is 0 Å². The number of carbonyl (C=O) groups is 1. The number of hydrogen-bond acceptors (Lipinski definition) is 2. The molecule has 0 bridgehead atoms. The predicted octanol–water partition coefficient (Wildman–Crippen LogP) is 3.23. The Labute approximate surface area is 113 Å². The minimum atomic E-state index is -0.867. The van der Waals surface area contributed by atoms with Crippen LogP contribution in [0.4, 0.5) is 0 Å². The Morgan fingerprint density at radius 1 is 1.59 bits per heavy atom. The number of nitrogens with one attached hydrogen (secondary N) is 1. The monoisotopic (exact) mass is 317 g/mol. The molecule has 0 spiro atoms. The molecule has 3 nitrogen and oxygen atoms in total. The lowest BCUT2D eigenvalue weighted by atomic mass is 10.1. The van der Waals surface area contributed by atoms with Gasteiger partial charge in [0, 0.05) is 9.50 Å². The second-order valence-corrected chi connectivity index (χ2v) is 5.58. The molecule has 0 saturated heterocycles. The van der Waals surface area contributed by atoms with Gasteiger partial charge in [0.15, 0.2) is 0 Å². The number of aliphatic carboxylic acids is 1. The van der Waals surface area contributed by atoms with E-state index in [1.54, 1.807) is 18.2 Å². The van der Waals surface area contributed by atoms with Crippen LogP contribution in [0.2, 0.25) is 5.02 Å². The number of hydrogen-bond donors (Lipinski definition) is 2. The lowest BCUT2D eigenvalue weighted by molar-refractivity contribution is -0.139. The van der Waals surface area contributed by atoms with Gasteiger partial charge in [-0.2, -0.15) is 0 Å². The van der Waals surface area contributed by atoms with Gasteiger partial charge in [0.05, 0.1) is 0 Å². The molecule has 1 aromatic carbocycles. The van der Waals surface area contributed by atoms with Gasteiger partial charge in [0.25, 0.3) is 0 Å². The summed E-state index contributed by atoms with van der Waals surface area (Å²) in [6.07, 6.45) is 2.39. The minimum Gasteiger partial charge on any atom is -0.480 e. The van der Waals surface area contributed by atoms with E-state index in [4.69, 9.17) is 11.6 Å². The van der Waals surface area contributed by atoms with Crippen LogP contribution in [0.1, 0.15) is 24.4 Å². The first kappa shape index (κ1) is 12.9. The number of rotatable bonds is 5. The molecular formula is C12H13BrClNO2. The van der Waals surface area contributed by atoms with E-state index in [1.165, 1.54) is 12.8 Å². The highest BCUT2D eigenvalue weighted by Gasteiger charge is 2.26. The molecule has 17 heavy (non-hydrogen) atoms. The SMILES string of the molecule is O=C(O)C(NCC1CC1)c1ccc(Cl)cc1Br. The van der Waals surface area contributed by atoms with Gasteiger partial charge in [0.2, 0.25) is 0 Å². The summed E-state index contributed by atoms with van der Waals surface area (Å²) in [6, 6.07) is 4.48. The third-order valence-corrected chi connectivity index (χ3v) is 3.75. The summed E-state index contributed by atoms with van der Waals surface area (Å²) in [4.78, 5) is 11.3. The van der Waals surface area contributed by atoms with E-state index in [-0.39, 0.29) is 0 Å². The Morgan fingerprint density at radius 2 is 2.29 bits per heavy atom. The van der Waals surface area contributed by atoms with E-state index in [1.807, 2.05) is 0 Å². The van der Waals surface area contributed by atoms with Crippen LogP contribution >= 0.6 is 27.5 Å². The predicted molar refractivity (Wildman–Crippen MR) is 70.3 cm³/mol. The molecule has 0 aliphatic heterocycles. The van der Waals surface area contributed by atoms with Crippen LogP contribution < -0.4 is 5.32 Å². The van der Waals surface area contributed by atoms with E-state index in [9.17, 15) is 9.90 Å². The van der Waals surface area contributed by atoms with Gasteiger partial charge < -0.3 is 10.4 Å². The highest BCUT2D eigenvalue weighted by Crippen LogP contribution is 2.30. The second kappa shape index (κ2) is 5.38. The van der Waals surface area contributed by atoms with Crippen molar-refractivity contribution >= 4 is 33.5 Å². The molecule has 1 aromatic rings. The van der Waals surface area contributed by atoms with Crippen molar-refractivity contribution in [1.29, 1.82) is 0 Å². The van der Waals surface area contributed by atoms with Crippen molar-refractivity contribution in [2.75, 3.05) is 6.54 Å². The number of halogens is 2. The molecule has 5 heteroatoms. The molecule has 1 aliphatic rings. The zero-order valence-corrected chi connectivity index (χ0v) is 11.5. The Hall–Kier alpha value is -0.580. The summed E-state index contributed by atoms with van der Waals surface area (Å²) < 4.78 is 0.723. The number of carboxylic acid groups (broad SMARTS) is 1. The molecule has 1 fully saturated rings. The van der Waals surface area contributed by atoms with Gasteiger partial charge in [0.1, 0.15) is 6.04 Å². The molecule has 0 amide bonds. The summed E-state index contributed by atoms with van der Waals surface area (Å²) in [6.45, 7) is 0.756. The lowest BCUT2D eigenvalue weighted by Gasteiger charge is -2.16. The standard InChI is InChI=1S/C12H13BrClNO2/c13-10-5-8(14)3-4-9(10)11(12(16)17)15-6-7-1-2-7/h3-5,7,11,15H,1-2,6H2,(H,16,17). The smallest absolute Gasteiger partial charge is 0.325 e. The Bertz CT molecular complexity index is 435. The molecule has 2 rings (SSSR count). The van der Waals surface area contributed by atoms with Crippen molar-refractivity contribution in [3.05, 3.63) is 33.3 Å². The van der Waals surface area contributed by atoms with Crippen molar-refractivity contribution < 1.29 is 9.90 Å². The molecule has 0 radical (unpaired) electrons. The number of benzene rings is 1. The molecule has 1 aliphatic carbocycles. The maximum absolute atomic E-state index is 11.3. The van der Waals surface area contributed by atoms with Crippen LogP contribution in [0.3, 0.4) is 0 Å². The molecular weight excluding hydrogens is 305 g/mol. The fraction of sp³-hybridized carbons (Fsp3) is 0.417. The van der Waals surface area contributed by atoms with Gasteiger partial charge >= 0.3 is 5.97 Å². The van der Waals surface area contributed by atoms with E-state index < -0.39 is 12.0 Å². The zero-order valence-electron chi connectivity index (χ0n) is 9.12. The number of carboxylic acids is 1. The van der Waals surface area contributed by atoms with E-state index in [0.717, 1.165) is 11.0 Å². The van der Waals surface area contributed by atoms with Crippen molar-refractivity contribution in [1.82, 2.24) is 5.32 Å². The fourth-order valence-electron chi connectivity index (χ4n) is 1.67. The average Bonchev–Trinajstić information content (AvgIpc) is 3.04. The van der Waals surface area contributed by atoms with E-state index >= 15 is 0 Å². The maximum Gasteiger partial charge on any atom is 0.325 e. The van der Waals surface area contributed by atoms with E-state index in [2.05, 4.69) is 21.2 Å². The van der Waals surface area contributed by atoms with Crippen LogP contribution in [0, 0.1) is 5.92 Å². The lowest BCUT2D eigenvalue weighted by Crippen LogP contribution is -2.30. The summed E-state index contributed by atoms with van der Waals surface area (Å²) in [5.41, 5.74) is 0.711. The van der Waals surface area contributed by atoms with Crippen LogP contribution in [-0.2, 0) is 4.79 Å². The average molecular weight is 319 g/mol. The molecule has 0 aromatic heterocycles. The van der Waals surface area contributed by atoms with Gasteiger partial charge in [-0.05, 0) is 43.0 Å². The zero-order chi connectivity index (χ0) is 12.4. The normalized spacial score (nSPS) is 16.8. The second-order valence-electron chi connectivity index (χ2n) is 4.29. The molecule has 1 unspecified atom stereocenters. The Kier molecular flexibility index (Phi) is 4.07. The molecule has 1 atom stereocenters. The first-order chi connectivity index (χ1) is 8.08. The molecule has 2 N–H and O–H groups in total. The van der Waals surface area contributed by atoms with E-state index in [0.29, 0.717) is 16.5 Å². The fourth-order valence-corrected chi connectivity index (χ4v) is 2.58. The highest BCUT2D eigenvalue weighted by molar-refractivity contribution is 9.10. The van der Waals surface area contributed by atoms with Crippen LogP contribution in [0.15, 0.2) is 22.7 Å². The third kappa shape index (κ3) is 3.44. The Morgan fingerprint density at radius 3 is 2.82 bits per heavy atom. The Balaban J connectivity index is 2.15. The van der Waals surface area contributed by atoms with Crippen molar-refractivity contribution in [2.45, 2.75) is 18.9 Å². The third-order valence-electron chi connectivity index (χ3n) is 2.83. The first-order valence-corrected chi connectivity index (χ1v) is 6.66. The summed E-state index contributed by atoms with van der Waals surface area (Å²) in [5.74, 6) is -0.225. The molecule has 0 heterocycles. The summed E-state index contributed by atoms with van der Waals surface area (Å²) >= 11 is 9.19. The van der Waals surface area contributed by atoms with Crippen LogP contribution in [-0.4, -0.2) is 17.6 Å². The van der Waals surface area contributed by atoms with Crippen molar-refractivity contribution in [3.8, 4) is 0 Å². The molecule has 92 valence electrons. The van der Waals surface area contributed by atoms with Crippen LogP contribution in [0.25, 0.3) is 0 Å². The van der Waals surface area contributed by atoms with Gasteiger partial charge in [-0.25, -0.2) is 0 Å². The topological polar surface area (TPSA) is 49.3 Å². The van der Waals surface area contributed by atoms with Crippen LogP contribution in [0.5, 0.6) is 0 Å². The summed E-state index contributed by atoms with van der Waals surface area (Å²) in [7, 11) is 0.